The Bertz CT molecular complexity index is 2080. The Kier molecular flexibility index (Phi) is 10.2. The van der Waals surface area contributed by atoms with Crippen LogP contribution in [-0.4, -0.2) is 83.2 Å². The van der Waals surface area contributed by atoms with Crippen molar-refractivity contribution in [3.63, 3.8) is 0 Å². The van der Waals surface area contributed by atoms with Crippen molar-refractivity contribution in [2.75, 3.05) is 37.6 Å². The summed E-state index contributed by atoms with van der Waals surface area (Å²) in [6.45, 7) is 2.85. The molecule has 7 rings (SSSR count). The van der Waals surface area contributed by atoms with Gasteiger partial charge in [-0.2, -0.15) is 0 Å². The van der Waals surface area contributed by atoms with E-state index in [-0.39, 0.29) is 52.8 Å². The van der Waals surface area contributed by atoms with Gasteiger partial charge in [-0.15, -0.1) is 0 Å². The molecule has 3 fully saturated rings. The lowest BCUT2D eigenvalue weighted by Gasteiger charge is -2.44. The Morgan fingerprint density at radius 3 is 2.20 bits per heavy atom. The Balaban J connectivity index is 0.978. The van der Waals surface area contributed by atoms with Crippen LogP contribution in [0.25, 0.3) is 5.70 Å². The van der Waals surface area contributed by atoms with Crippen LogP contribution in [0, 0.1) is 5.92 Å². The van der Waals surface area contributed by atoms with E-state index in [4.69, 9.17) is 17.2 Å². The number of allylic oxidation sites excluding steroid dienone is 1. The average Bonchev–Trinajstić information content (AvgIpc) is 3.44. The largest absolute Gasteiger partial charge is 0.507 e. The number of piperidine rings is 3. The summed E-state index contributed by atoms with van der Waals surface area (Å²) in [7, 11) is 0. The number of phenolic OH excluding ortho intramolecular Hbond substituents is 1. The Hall–Kier alpha value is -6.31. The first-order valence-electron chi connectivity index (χ1n) is 18.7. The molecule has 0 aliphatic carbocycles. The van der Waals surface area contributed by atoms with Crippen molar-refractivity contribution >= 4 is 40.9 Å². The van der Waals surface area contributed by atoms with Gasteiger partial charge in [0.1, 0.15) is 17.6 Å². The van der Waals surface area contributed by atoms with E-state index < -0.39 is 29.7 Å². The van der Waals surface area contributed by atoms with Crippen molar-refractivity contribution in [1.82, 2.24) is 20.4 Å². The number of para-hydroxylation sites is 1. The van der Waals surface area contributed by atoms with Gasteiger partial charge in [-0.1, -0.05) is 42.5 Å². The number of carbonyl (C=O) groups excluding carboxylic acids is 5. The molecule has 9 N–H and O–H groups in total. The smallest absolute Gasteiger partial charge is 0.262 e. The van der Waals surface area contributed by atoms with E-state index in [1.54, 1.807) is 48.5 Å². The monoisotopic (exact) mass is 746 g/mol. The predicted molar refractivity (Wildman–Crippen MR) is 206 cm³/mol. The highest BCUT2D eigenvalue weighted by atomic mass is 16.3. The van der Waals surface area contributed by atoms with Crippen molar-refractivity contribution in [1.29, 1.82) is 0 Å². The fourth-order valence-corrected chi connectivity index (χ4v) is 8.29. The first kappa shape index (κ1) is 37.0. The van der Waals surface area contributed by atoms with Crippen LogP contribution in [0.15, 0.2) is 90.4 Å². The minimum absolute atomic E-state index is 0.00263. The highest BCUT2D eigenvalue weighted by Crippen LogP contribution is 2.38. The summed E-state index contributed by atoms with van der Waals surface area (Å²) in [5.74, 6) is -2.16. The molecular formula is C41H46N8O6. The second-order valence-electron chi connectivity index (χ2n) is 14.7. The Morgan fingerprint density at radius 2 is 1.53 bits per heavy atom. The fourth-order valence-electron chi connectivity index (χ4n) is 8.29. The molecule has 0 bridgehead atoms. The molecule has 0 saturated carbocycles. The molecule has 14 nitrogen and oxygen atoms in total. The molecule has 5 amide bonds. The molecule has 3 aromatic rings. The number of fused-ring (bicyclic) bond motifs is 1. The van der Waals surface area contributed by atoms with Crippen LogP contribution < -0.4 is 32.7 Å². The van der Waals surface area contributed by atoms with Gasteiger partial charge >= 0.3 is 0 Å². The van der Waals surface area contributed by atoms with Crippen LogP contribution in [0.4, 0.5) is 5.69 Å². The van der Waals surface area contributed by atoms with Crippen LogP contribution >= 0.6 is 0 Å². The summed E-state index contributed by atoms with van der Waals surface area (Å²) in [5.41, 5.74) is 22.2. The lowest BCUT2D eigenvalue weighted by molar-refractivity contribution is -0.136. The first-order valence-corrected chi connectivity index (χ1v) is 18.7. The number of hydrogen-bond acceptors (Lipinski definition) is 11. The normalized spacial score (nSPS) is 20.3. The SMILES string of the molecule is NC(N)=C(/C=C(\N)c1ccccc1O)N1CCC(CNC(=O)C2CCN(c3ccc4c(c3)C(=O)N(C3CCC(=O)NC3=O)C4=O)CC2)(c2ccccc2)CC1. The van der Waals surface area contributed by atoms with E-state index in [0.29, 0.717) is 62.5 Å². The van der Waals surface area contributed by atoms with Crippen molar-refractivity contribution in [3.8, 4) is 5.75 Å². The van der Waals surface area contributed by atoms with Gasteiger partial charge < -0.3 is 37.4 Å². The second-order valence-corrected chi connectivity index (χ2v) is 14.7. The van der Waals surface area contributed by atoms with E-state index in [1.165, 1.54) is 0 Å². The van der Waals surface area contributed by atoms with Crippen molar-refractivity contribution < 1.29 is 29.1 Å². The maximum atomic E-state index is 13.7. The third-order valence-electron chi connectivity index (χ3n) is 11.5. The van der Waals surface area contributed by atoms with Gasteiger partial charge in [0.25, 0.3) is 11.8 Å². The maximum Gasteiger partial charge on any atom is 0.262 e. The van der Waals surface area contributed by atoms with Crippen LogP contribution in [0.5, 0.6) is 5.75 Å². The number of anilines is 1. The number of amides is 5. The quantitative estimate of drug-likeness (QED) is 0.138. The summed E-state index contributed by atoms with van der Waals surface area (Å²) < 4.78 is 0. The summed E-state index contributed by atoms with van der Waals surface area (Å²) in [4.78, 5) is 69.5. The van der Waals surface area contributed by atoms with Crippen molar-refractivity contribution in [2.24, 2.45) is 23.1 Å². The van der Waals surface area contributed by atoms with Crippen LogP contribution in [0.1, 0.15) is 70.4 Å². The van der Waals surface area contributed by atoms with Gasteiger partial charge in [0.05, 0.1) is 16.8 Å². The van der Waals surface area contributed by atoms with Gasteiger partial charge in [0.2, 0.25) is 17.7 Å². The zero-order valence-electron chi connectivity index (χ0n) is 30.5. The van der Waals surface area contributed by atoms with Crippen LogP contribution in [0.3, 0.4) is 0 Å². The molecule has 3 aromatic carbocycles. The number of nitrogens with zero attached hydrogens (tertiary/aromatic N) is 3. The molecule has 4 heterocycles. The minimum Gasteiger partial charge on any atom is -0.507 e. The number of carbonyl (C=O) groups is 5. The number of likely N-dealkylation sites (tertiary alicyclic amines) is 1. The molecular weight excluding hydrogens is 701 g/mol. The topological polar surface area (TPSA) is 217 Å². The Labute approximate surface area is 319 Å². The van der Waals surface area contributed by atoms with Gasteiger partial charge in [0.15, 0.2) is 0 Å². The highest BCUT2D eigenvalue weighted by Gasteiger charge is 2.45. The number of phenols is 1. The zero-order valence-corrected chi connectivity index (χ0v) is 30.5. The molecule has 0 aromatic heterocycles. The highest BCUT2D eigenvalue weighted by molar-refractivity contribution is 6.23. The number of aromatic hydroxyl groups is 1. The van der Waals surface area contributed by atoms with E-state index in [0.717, 1.165) is 29.0 Å². The lowest BCUT2D eigenvalue weighted by atomic mass is 9.72. The second kappa shape index (κ2) is 15.2. The molecule has 1 unspecified atom stereocenters. The van der Waals surface area contributed by atoms with E-state index in [9.17, 15) is 29.1 Å². The van der Waals surface area contributed by atoms with Crippen LogP contribution in [-0.2, 0) is 19.8 Å². The van der Waals surface area contributed by atoms with E-state index in [1.807, 2.05) is 18.2 Å². The number of benzene rings is 3. The summed E-state index contributed by atoms with van der Waals surface area (Å²) >= 11 is 0. The molecule has 1 atom stereocenters. The molecule has 286 valence electrons. The van der Waals surface area contributed by atoms with Crippen molar-refractivity contribution in [2.45, 2.75) is 50.0 Å². The van der Waals surface area contributed by atoms with Gasteiger partial charge in [-0.25, -0.2) is 0 Å². The summed E-state index contributed by atoms with van der Waals surface area (Å²) in [6.07, 6.45) is 4.51. The Morgan fingerprint density at radius 1 is 0.855 bits per heavy atom. The van der Waals surface area contributed by atoms with Crippen molar-refractivity contribution in [3.05, 3.63) is 113 Å². The number of hydrogen-bond donors (Lipinski definition) is 6. The number of imide groups is 2. The number of rotatable bonds is 9. The molecule has 4 aliphatic heterocycles. The summed E-state index contributed by atoms with van der Waals surface area (Å²) in [5, 5.41) is 15.8. The minimum atomic E-state index is -1.02. The van der Waals surface area contributed by atoms with E-state index in [2.05, 4.69) is 32.6 Å². The molecule has 14 heteroatoms. The zero-order chi connectivity index (χ0) is 38.9. The molecule has 55 heavy (non-hydrogen) atoms. The molecule has 0 spiro atoms. The average molecular weight is 747 g/mol. The number of nitrogens with one attached hydrogen (secondary N) is 2. The molecule has 4 aliphatic rings. The summed E-state index contributed by atoms with van der Waals surface area (Å²) in [6, 6.07) is 21.1. The third kappa shape index (κ3) is 7.31. The van der Waals surface area contributed by atoms with E-state index >= 15 is 0 Å². The van der Waals surface area contributed by atoms with Crippen LogP contribution in [0.2, 0.25) is 0 Å². The first-order chi connectivity index (χ1) is 26.5. The van der Waals surface area contributed by atoms with Gasteiger partial charge in [-0.3, -0.25) is 34.2 Å². The molecule has 3 saturated heterocycles. The predicted octanol–water partition coefficient (Wildman–Crippen LogP) is 2.25. The lowest BCUT2D eigenvalue weighted by Crippen LogP contribution is -2.54. The maximum absolute atomic E-state index is 13.7. The van der Waals surface area contributed by atoms with Gasteiger partial charge in [0, 0.05) is 67.4 Å². The standard InChI is InChI=1S/C41H46N8O6/c42-31(29-8-4-5-9-34(29)50)23-33(36(43)44)48-20-16-41(17-21-48,26-6-2-1-3-7-26)24-45-37(52)25-14-18-47(19-15-25)27-10-11-28-30(22-27)40(55)49(39(28)54)32-12-13-35(51)46-38(32)53/h1-11,22-23,25,32,50H,12-21,24,42-44H2,(H,45,52)(H,46,51,53)/b31-23-. The van der Waals surface area contributed by atoms with Gasteiger partial charge in [-0.05, 0) is 74.1 Å². The fraction of sp³-hybridized carbons (Fsp3) is 0.341. The third-order valence-corrected chi connectivity index (χ3v) is 11.5. The molecule has 0 radical (unpaired) electrons. The number of nitrogens with two attached hydrogens (primary N) is 3.